The van der Waals surface area contributed by atoms with Gasteiger partial charge in [-0.2, -0.15) is 4.99 Å². The third-order valence-electron chi connectivity index (χ3n) is 3.55. The van der Waals surface area contributed by atoms with Crippen LogP contribution >= 0.6 is 33.9 Å². The summed E-state index contributed by atoms with van der Waals surface area (Å²) in [4.78, 5) is 28.9. The molecule has 0 unspecified atom stereocenters. The number of fused-ring (bicyclic) bond motifs is 1. The fourth-order valence-corrected chi connectivity index (χ4v) is 4.10. The van der Waals surface area contributed by atoms with E-state index in [1.54, 1.807) is 37.3 Å². The maximum Gasteiger partial charge on any atom is 0.326 e. The number of hydrogen-bond donors (Lipinski definition) is 0. The number of nitrogens with zero attached hydrogens (tertiary/aromatic N) is 2. The van der Waals surface area contributed by atoms with E-state index >= 15 is 0 Å². The molecule has 0 aliphatic heterocycles. The van der Waals surface area contributed by atoms with Gasteiger partial charge < -0.3 is 9.30 Å². The molecule has 2 aromatic carbocycles. The highest BCUT2D eigenvalue weighted by atomic mass is 127. The Labute approximate surface area is 166 Å². The summed E-state index contributed by atoms with van der Waals surface area (Å²) in [5.41, 5.74) is 0.688. The highest BCUT2D eigenvalue weighted by Crippen LogP contribution is 2.21. The predicted molar refractivity (Wildman–Crippen MR) is 105 cm³/mol. The van der Waals surface area contributed by atoms with E-state index in [9.17, 15) is 14.0 Å². The molecule has 0 saturated heterocycles. The molecule has 26 heavy (non-hydrogen) atoms. The Morgan fingerprint density at radius 2 is 2.00 bits per heavy atom. The summed E-state index contributed by atoms with van der Waals surface area (Å²) in [6.07, 6.45) is 0. The number of thiazole rings is 1. The fraction of sp³-hybridized carbons (Fsp3) is 0.167. The second kappa shape index (κ2) is 8.09. The summed E-state index contributed by atoms with van der Waals surface area (Å²) >= 11 is 3.21. The fourth-order valence-electron chi connectivity index (χ4n) is 2.44. The van der Waals surface area contributed by atoms with Crippen LogP contribution in [0.15, 0.2) is 47.5 Å². The van der Waals surface area contributed by atoms with E-state index in [0.29, 0.717) is 10.3 Å². The van der Waals surface area contributed by atoms with Crippen molar-refractivity contribution in [3.8, 4) is 0 Å². The van der Waals surface area contributed by atoms with Gasteiger partial charge in [0.2, 0.25) is 0 Å². The smallest absolute Gasteiger partial charge is 0.326 e. The molecular formula is C18H14FIN2O3S. The zero-order chi connectivity index (χ0) is 18.7. The van der Waals surface area contributed by atoms with Crippen LogP contribution < -0.4 is 4.80 Å². The molecule has 1 aromatic heterocycles. The number of esters is 1. The van der Waals surface area contributed by atoms with Gasteiger partial charge in [0.1, 0.15) is 12.4 Å². The number of para-hydroxylation sites is 1. The molecule has 0 aliphatic rings. The van der Waals surface area contributed by atoms with Gasteiger partial charge in [0.05, 0.1) is 22.4 Å². The maximum atomic E-state index is 14.3. The van der Waals surface area contributed by atoms with Gasteiger partial charge in [0.15, 0.2) is 4.80 Å². The van der Waals surface area contributed by atoms with Crippen molar-refractivity contribution in [2.75, 3.05) is 6.61 Å². The van der Waals surface area contributed by atoms with Crippen molar-refractivity contribution in [1.29, 1.82) is 0 Å². The normalized spacial score (nSPS) is 11.7. The molecule has 8 heteroatoms. The first-order chi connectivity index (χ1) is 12.5. The van der Waals surface area contributed by atoms with Gasteiger partial charge in [-0.15, -0.1) is 0 Å². The van der Waals surface area contributed by atoms with E-state index < -0.39 is 17.7 Å². The molecule has 0 aliphatic carbocycles. The molecule has 1 heterocycles. The van der Waals surface area contributed by atoms with Crippen LogP contribution in [0, 0.1) is 9.39 Å². The molecule has 0 atom stereocenters. The van der Waals surface area contributed by atoms with Gasteiger partial charge in [-0.05, 0) is 53.8 Å². The minimum atomic E-state index is -0.515. The summed E-state index contributed by atoms with van der Waals surface area (Å²) in [5, 5.41) is 0. The molecule has 0 spiro atoms. The molecule has 0 fully saturated rings. The number of benzene rings is 2. The van der Waals surface area contributed by atoms with Crippen molar-refractivity contribution >= 4 is 56.0 Å². The number of amides is 1. The largest absolute Gasteiger partial charge is 0.465 e. The molecule has 5 nitrogen and oxygen atoms in total. The van der Waals surface area contributed by atoms with Gasteiger partial charge in [-0.1, -0.05) is 29.5 Å². The van der Waals surface area contributed by atoms with Crippen molar-refractivity contribution in [2.45, 2.75) is 13.5 Å². The van der Waals surface area contributed by atoms with Gasteiger partial charge >= 0.3 is 5.97 Å². The van der Waals surface area contributed by atoms with Gasteiger partial charge in [0, 0.05) is 3.57 Å². The van der Waals surface area contributed by atoms with Crippen LogP contribution in [0.25, 0.3) is 10.2 Å². The Bertz CT molecular complexity index is 1060. The lowest BCUT2D eigenvalue weighted by Crippen LogP contribution is -2.23. The lowest BCUT2D eigenvalue weighted by atomic mass is 10.2. The molecular weight excluding hydrogens is 470 g/mol. The molecule has 0 bridgehead atoms. The minimum Gasteiger partial charge on any atom is -0.465 e. The lowest BCUT2D eigenvalue weighted by Gasteiger charge is -2.05. The lowest BCUT2D eigenvalue weighted by molar-refractivity contribution is -0.143. The van der Waals surface area contributed by atoms with Gasteiger partial charge in [0.25, 0.3) is 5.91 Å². The van der Waals surface area contributed by atoms with Crippen LogP contribution in [0.1, 0.15) is 17.3 Å². The number of hydrogen-bond acceptors (Lipinski definition) is 4. The number of halogens is 2. The van der Waals surface area contributed by atoms with Crippen LogP contribution in [0.2, 0.25) is 0 Å². The molecule has 0 saturated carbocycles. The average molecular weight is 484 g/mol. The topological polar surface area (TPSA) is 60.7 Å². The van der Waals surface area contributed by atoms with Crippen molar-refractivity contribution < 1.29 is 18.7 Å². The van der Waals surface area contributed by atoms with E-state index in [0.717, 1.165) is 14.9 Å². The monoisotopic (exact) mass is 484 g/mol. The summed E-state index contributed by atoms with van der Waals surface area (Å²) in [6.45, 7) is 1.70. The zero-order valence-corrected chi connectivity index (χ0v) is 16.7. The van der Waals surface area contributed by atoms with Crippen molar-refractivity contribution in [3.63, 3.8) is 0 Å². The third-order valence-corrected chi connectivity index (χ3v) is 5.53. The summed E-state index contributed by atoms with van der Waals surface area (Å²) in [5.74, 6) is -1.44. The van der Waals surface area contributed by atoms with E-state index in [1.807, 2.05) is 6.07 Å². The van der Waals surface area contributed by atoms with Crippen molar-refractivity contribution in [3.05, 3.63) is 62.2 Å². The Morgan fingerprint density at radius 1 is 1.23 bits per heavy atom. The highest BCUT2D eigenvalue weighted by Gasteiger charge is 2.16. The first kappa shape index (κ1) is 18.7. The molecule has 3 rings (SSSR count). The maximum absolute atomic E-state index is 14.3. The van der Waals surface area contributed by atoms with Gasteiger partial charge in [-0.3, -0.25) is 9.59 Å². The first-order valence-electron chi connectivity index (χ1n) is 7.78. The van der Waals surface area contributed by atoms with Crippen molar-refractivity contribution in [1.82, 2.24) is 4.57 Å². The Kier molecular flexibility index (Phi) is 5.82. The molecule has 3 aromatic rings. The van der Waals surface area contributed by atoms with E-state index in [4.69, 9.17) is 4.74 Å². The minimum absolute atomic E-state index is 0.216. The molecule has 1 amide bonds. The molecule has 134 valence electrons. The third kappa shape index (κ3) is 3.85. The molecule has 0 radical (unpaired) electrons. The van der Waals surface area contributed by atoms with Crippen molar-refractivity contribution in [2.24, 2.45) is 4.99 Å². The number of ether oxygens (including phenoxy) is 1. The Morgan fingerprint density at radius 3 is 2.73 bits per heavy atom. The second-order valence-corrected chi connectivity index (χ2v) is 7.43. The summed E-state index contributed by atoms with van der Waals surface area (Å²) in [6, 6.07) is 11.7. The average Bonchev–Trinajstić information content (AvgIpc) is 2.94. The number of carbonyl (C=O) groups excluding carboxylic acids is 2. The quantitative estimate of drug-likeness (QED) is 0.419. The van der Waals surface area contributed by atoms with Crippen LogP contribution in [-0.2, 0) is 16.1 Å². The van der Waals surface area contributed by atoms with E-state index in [-0.39, 0.29) is 23.5 Å². The Hall–Kier alpha value is -2.07. The predicted octanol–water partition coefficient (Wildman–Crippen LogP) is 3.75. The SMILES string of the molecule is CCOC(=O)Cn1c(=NC(=O)c2ccccc2I)sc2cccc(F)c21. The molecule has 0 N–H and O–H groups in total. The van der Waals surface area contributed by atoms with Crippen LogP contribution in [0.5, 0.6) is 0 Å². The van der Waals surface area contributed by atoms with Gasteiger partial charge in [-0.25, -0.2) is 4.39 Å². The highest BCUT2D eigenvalue weighted by molar-refractivity contribution is 14.1. The summed E-state index contributed by atoms with van der Waals surface area (Å²) < 4.78 is 22.0. The number of aromatic nitrogens is 1. The Balaban J connectivity index is 2.15. The first-order valence-corrected chi connectivity index (χ1v) is 9.68. The van der Waals surface area contributed by atoms with Crippen LogP contribution in [0.4, 0.5) is 4.39 Å². The van der Waals surface area contributed by atoms with E-state index in [1.165, 1.54) is 10.6 Å². The van der Waals surface area contributed by atoms with E-state index in [2.05, 4.69) is 27.6 Å². The van der Waals surface area contributed by atoms with Crippen LogP contribution in [0.3, 0.4) is 0 Å². The second-order valence-electron chi connectivity index (χ2n) is 5.26. The zero-order valence-electron chi connectivity index (χ0n) is 13.7. The van der Waals surface area contributed by atoms with Crippen LogP contribution in [-0.4, -0.2) is 23.1 Å². The summed E-state index contributed by atoms with van der Waals surface area (Å²) in [7, 11) is 0. The standard InChI is InChI=1S/C18H14FIN2O3S/c1-2-25-15(23)10-22-16-12(19)7-5-9-14(16)26-18(22)21-17(24)11-6-3-4-8-13(11)20/h3-9H,2,10H2,1H3. The number of rotatable bonds is 4. The number of carbonyl (C=O) groups is 2.